The predicted octanol–water partition coefficient (Wildman–Crippen LogP) is -0.295. The van der Waals surface area contributed by atoms with Crippen LogP contribution in [-0.2, 0) is 32.0 Å². The minimum Gasteiger partial charge on any atom is -0.393 e. The third-order valence-electron chi connectivity index (χ3n) is 6.11. The second-order valence-corrected chi connectivity index (χ2v) is 14.1. The van der Waals surface area contributed by atoms with Crippen LogP contribution in [0.4, 0.5) is 14.6 Å². The lowest BCUT2D eigenvalue weighted by atomic mass is 9.96. The number of hydrogen-bond acceptors (Lipinski definition) is 16. The highest BCUT2D eigenvalue weighted by molar-refractivity contribution is 8.45. The van der Waals surface area contributed by atoms with E-state index in [1.165, 1.54) is 6.33 Å². The van der Waals surface area contributed by atoms with Gasteiger partial charge in [0.15, 0.2) is 12.5 Å². The summed E-state index contributed by atoms with van der Waals surface area (Å²) in [5.74, 6) is 0.188. The quantitative estimate of drug-likeness (QED) is 0.121. The molecule has 0 aliphatic carbocycles. The van der Waals surface area contributed by atoms with Crippen LogP contribution < -0.4 is 11.5 Å². The maximum Gasteiger partial charge on any atom is 0.482 e. The van der Waals surface area contributed by atoms with Crippen molar-refractivity contribution < 1.29 is 66.1 Å². The average molecular weight is 655 g/mol. The number of nitrogens with zero attached hydrogens (tertiary/aromatic N) is 2. The van der Waals surface area contributed by atoms with Gasteiger partial charge in [-0.2, -0.15) is 4.31 Å². The van der Waals surface area contributed by atoms with Crippen LogP contribution in [-0.4, -0.2) is 104 Å². The number of phosphoric ester groups is 1. The summed E-state index contributed by atoms with van der Waals surface area (Å²) < 4.78 is 79.0. The number of alkyl halides is 2. The molecule has 2 aliphatic rings. The third-order valence-corrected chi connectivity index (χ3v) is 10.7. The molecule has 0 amide bonds. The first-order valence-electron chi connectivity index (χ1n) is 11.3. The van der Waals surface area contributed by atoms with Gasteiger partial charge in [0.1, 0.15) is 54.9 Å². The molecule has 4 rings (SSSR count). The monoisotopic (exact) mass is 654 g/mol. The molecule has 2 aromatic rings. The zero-order chi connectivity index (χ0) is 29.6. The van der Waals surface area contributed by atoms with E-state index in [0.29, 0.717) is 15.8 Å². The van der Waals surface area contributed by atoms with Gasteiger partial charge in [-0.05, 0) is 5.38 Å². The average Bonchev–Trinajstić information content (AvgIpc) is 3.43. The van der Waals surface area contributed by atoms with Gasteiger partial charge in [0.2, 0.25) is 0 Å². The van der Waals surface area contributed by atoms with Crippen molar-refractivity contribution in [1.82, 2.24) is 9.97 Å². The molecule has 0 bridgehead atoms. The van der Waals surface area contributed by atoms with Crippen molar-refractivity contribution in [1.29, 1.82) is 0 Å². The molecule has 22 heteroatoms. The van der Waals surface area contributed by atoms with Crippen molar-refractivity contribution in [3.8, 4) is 0 Å². The number of aromatic nitrogens is 2. The Morgan fingerprint density at radius 1 is 1.20 bits per heavy atom. The first kappa shape index (κ1) is 32.0. The molecule has 2 saturated heterocycles. The SMILES string of the molecule is Nc1ncnc2c([C@@H]3O[C@H](COP(=O)(S)OP(=O)(O)OC4OC([C@@H](F)CO)C(O)C(O)C4O)[C@@H](N)[C@H]3F)csc12. The van der Waals surface area contributed by atoms with Crippen LogP contribution in [0.15, 0.2) is 11.7 Å². The first-order chi connectivity index (χ1) is 18.7. The number of halogens is 2. The van der Waals surface area contributed by atoms with Crippen LogP contribution in [0.25, 0.3) is 10.2 Å². The van der Waals surface area contributed by atoms with E-state index in [1.807, 2.05) is 0 Å². The molecular weight excluding hydrogens is 628 g/mol. The molecule has 16 nitrogen and oxygen atoms in total. The van der Waals surface area contributed by atoms with Crippen LogP contribution in [0.2, 0.25) is 0 Å². The summed E-state index contributed by atoms with van der Waals surface area (Å²) in [5, 5.41) is 40.2. The summed E-state index contributed by atoms with van der Waals surface area (Å²) in [4.78, 5) is 18.0. The lowest BCUT2D eigenvalue weighted by Crippen LogP contribution is -2.60. The molecule has 2 aliphatic heterocycles. The molecular formula is C18H26F2N4O12P2S2. The number of thiophene rings is 1. The largest absolute Gasteiger partial charge is 0.482 e. The fraction of sp³-hybridized carbons (Fsp3) is 0.667. The summed E-state index contributed by atoms with van der Waals surface area (Å²) in [6, 6.07) is -1.31. The van der Waals surface area contributed by atoms with Crippen LogP contribution in [0.1, 0.15) is 11.7 Å². The van der Waals surface area contributed by atoms with E-state index in [4.69, 9.17) is 30.6 Å². The van der Waals surface area contributed by atoms with E-state index < -0.39 is 89.1 Å². The molecule has 2 fully saturated rings. The lowest BCUT2D eigenvalue weighted by molar-refractivity contribution is -0.287. The Morgan fingerprint density at radius 2 is 1.90 bits per heavy atom. The Hall–Kier alpha value is -0.930. The van der Waals surface area contributed by atoms with Gasteiger partial charge < -0.3 is 46.3 Å². The Labute approximate surface area is 233 Å². The fourth-order valence-electron chi connectivity index (χ4n) is 4.08. The number of thiol groups is 1. The van der Waals surface area contributed by atoms with Crippen LogP contribution in [0, 0.1) is 0 Å². The Kier molecular flexibility index (Phi) is 9.88. The van der Waals surface area contributed by atoms with E-state index >= 15 is 4.39 Å². The van der Waals surface area contributed by atoms with Crippen molar-refractivity contribution in [3.05, 3.63) is 17.3 Å². The van der Waals surface area contributed by atoms with Crippen molar-refractivity contribution in [2.75, 3.05) is 18.9 Å². The normalized spacial score (nSPS) is 36.8. The van der Waals surface area contributed by atoms with Crippen LogP contribution >= 0.6 is 38.2 Å². The van der Waals surface area contributed by atoms with Gasteiger partial charge >= 0.3 is 14.6 Å². The van der Waals surface area contributed by atoms with E-state index in [9.17, 15) is 33.7 Å². The molecule has 7 unspecified atom stereocenters. The van der Waals surface area contributed by atoms with Gasteiger partial charge in [0.05, 0.1) is 29.5 Å². The number of aliphatic hydroxyl groups is 4. The number of anilines is 1. The number of fused-ring (bicyclic) bond motifs is 1. The minimum absolute atomic E-state index is 0.188. The molecule has 2 aromatic heterocycles. The maximum atomic E-state index is 15.1. The minimum atomic E-state index is -5.50. The van der Waals surface area contributed by atoms with Gasteiger partial charge in [-0.25, -0.2) is 27.9 Å². The fourth-order valence-corrected chi connectivity index (χ4v) is 8.22. The molecule has 9 N–H and O–H groups in total. The van der Waals surface area contributed by atoms with Crippen molar-refractivity contribution in [2.45, 2.75) is 61.3 Å². The molecule has 0 spiro atoms. The van der Waals surface area contributed by atoms with Gasteiger partial charge in [0.25, 0.3) is 0 Å². The molecule has 0 saturated carbocycles. The van der Waals surface area contributed by atoms with Crippen LogP contribution in [0.5, 0.6) is 0 Å². The third kappa shape index (κ3) is 6.66. The number of nitrogens with two attached hydrogens (primary N) is 2. The topological polar surface area (TPSA) is 259 Å². The number of hydrogen-bond donors (Lipinski definition) is 8. The summed E-state index contributed by atoms with van der Waals surface area (Å²) in [6.45, 7) is -6.69. The number of phosphoric acid groups is 1. The summed E-state index contributed by atoms with van der Waals surface area (Å²) in [7, 11) is -5.50. The predicted molar refractivity (Wildman–Crippen MR) is 136 cm³/mol. The van der Waals surface area contributed by atoms with E-state index in [0.717, 1.165) is 11.3 Å². The lowest BCUT2D eigenvalue weighted by Gasteiger charge is -2.41. The molecule has 12 atom stereocenters. The van der Waals surface area contributed by atoms with E-state index in [2.05, 4.69) is 31.1 Å². The summed E-state index contributed by atoms with van der Waals surface area (Å²) in [5.41, 5.74) is 12.4. The molecule has 0 aromatic carbocycles. The standard InChI is InChI=1S/C18H26F2N4O12P2S2/c19-6(1-25)15-12(27)11(26)13(28)18(34-15)35-37(29,30)36-38(31,39)32-2-7-9(21)8(20)14(33-7)5-3-40-16-10(5)23-4-24-17(16)22/h3-4,6-9,11-15,18,25-28H,1-2,21H2,(H,29,30)(H,31,39)(H2,22,23,24)/t6-,7+,8+,9+,11?,12?,13?,14-,15?,18?,38?/m0/s1. The van der Waals surface area contributed by atoms with Crippen LogP contribution in [0.3, 0.4) is 0 Å². The van der Waals surface area contributed by atoms with E-state index in [1.54, 1.807) is 5.38 Å². The van der Waals surface area contributed by atoms with Gasteiger partial charge in [-0.1, -0.05) is 12.2 Å². The summed E-state index contributed by atoms with van der Waals surface area (Å²) >= 11 is 4.74. The molecule has 226 valence electrons. The highest BCUT2D eigenvalue weighted by Crippen LogP contribution is 2.66. The van der Waals surface area contributed by atoms with E-state index in [-0.39, 0.29) is 5.82 Å². The number of aliphatic hydroxyl groups excluding tert-OH is 4. The first-order valence-corrected chi connectivity index (χ1v) is 16.4. The van der Waals surface area contributed by atoms with Gasteiger partial charge in [-0.3, -0.25) is 9.05 Å². The van der Waals surface area contributed by atoms with Crippen molar-refractivity contribution in [2.24, 2.45) is 5.73 Å². The number of nitrogen functional groups attached to an aromatic ring is 1. The summed E-state index contributed by atoms with van der Waals surface area (Å²) in [6.07, 6.45) is -15.9. The van der Waals surface area contributed by atoms with Gasteiger partial charge in [-0.15, -0.1) is 11.3 Å². The Bertz CT molecular complexity index is 1300. The second-order valence-electron chi connectivity index (χ2n) is 8.80. The maximum absolute atomic E-state index is 15.1. The second kappa shape index (κ2) is 12.4. The smallest absolute Gasteiger partial charge is 0.393 e. The molecule has 4 heterocycles. The highest BCUT2D eigenvalue weighted by Gasteiger charge is 2.51. The Balaban J connectivity index is 1.38. The Morgan fingerprint density at radius 3 is 2.58 bits per heavy atom. The zero-order valence-corrected chi connectivity index (χ0v) is 23.5. The van der Waals surface area contributed by atoms with Crippen molar-refractivity contribution >= 4 is 54.2 Å². The van der Waals surface area contributed by atoms with Gasteiger partial charge in [0, 0.05) is 5.56 Å². The number of rotatable bonds is 10. The highest BCUT2D eigenvalue weighted by atomic mass is 32.7. The molecule has 0 radical (unpaired) electrons. The molecule has 40 heavy (non-hydrogen) atoms. The zero-order valence-electron chi connectivity index (χ0n) is 20.0. The van der Waals surface area contributed by atoms with Crippen molar-refractivity contribution in [3.63, 3.8) is 0 Å². The number of ether oxygens (including phenoxy) is 2.